The van der Waals surface area contributed by atoms with E-state index in [0.717, 1.165) is 15.3 Å². The predicted molar refractivity (Wildman–Crippen MR) is 84.6 cm³/mol. The maximum Gasteiger partial charge on any atom is 0.229 e. The lowest BCUT2D eigenvalue weighted by atomic mass is 10.3. The molecular formula is C14H13BrN4OS. The highest BCUT2D eigenvalue weighted by Gasteiger charge is 2.17. The van der Waals surface area contributed by atoms with E-state index in [1.165, 1.54) is 0 Å². The second kappa shape index (κ2) is 6.03. The van der Waals surface area contributed by atoms with Crippen LogP contribution in [0, 0.1) is 6.92 Å². The Morgan fingerprint density at radius 1 is 1.24 bits per heavy atom. The van der Waals surface area contributed by atoms with Crippen LogP contribution in [0.3, 0.4) is 0 Å². The maximum absolute atomic E-state index is 5.47. The molecule has 108 valence electrons. The summed E-state index contributed by atoms with van der Waals surface area (Å²) >= 11 is 5.03. The zero-order valence-corrected chi connectivity index (χ0v) is 13.9. The summed E-state index contributed by atoms with van der Waals surface area (Å²) in [5, 5.41) is 8.86. The molecule has 0 amide bonds. The number of halogens is 1. The number of benzene rings is 1. The fraction of sp³-hybridized carbons (Fsp3) is 0.214. The maximum atomic E-state index is 5.47. The second-order valence-electron chi connectivity index (χ2n) is 4.48. The number of hydrogen-bond donors (Lipinski definition) is 0. The Hall–Kier alpha value is -1.60. The average molecular weight is 365 g/mol. The lowest BCUT2D eigenvalue weighted by Gasteiger charge is -2.10. The highest BCUT2D eigenvalue weighted by molar-refractivity contribution is 9.10. The largest absolute Gasteiger partial charge is 0.424 e. The van der Waals surface area contributed by atoms with Crippen LogP contribution in [0.4, 0.5) is 0 Å². The third-order valence-electron chi connectivity index (χ3n) is 2.88. The molecule has 1 aromatic carbocycles. The Labute approximate surface area is 134 Å². The normalized spacial score (nSPS) is 12.5. The van der Waals surface area contributed by atoms with Gasteiger partial charge in [0.25, 0.3) is 0 Å². The first-order valence-electron chi connectivity index (χ1n) is 6.39. The van der Waals surface area contributed by atoms with Gasteiger partial charge >= 0.3 is 0 Å². The van der Waals surface area contributed by atoms with Gasteiger partial charge in [0, 0.05) is 29.5 Å². The van der Waals surface area contributed by atoms with Gasteiger partial charge in [-0.1, -0.05) is 27.7 Å². The molecular weight excluding hydrogens is 352 g/mol. The van der Waals surface area contributed by atoms with Crippen molar-refractivity contribution in [2.24, 2.45) is 0 Å². The number of thioether (sulfide) groups is 1. The van der Waals surface area contributed by atoms with Crippen LogP contribution in [0.2, 0.25) is 0 Å². The first kappa shape index (κ1) is 14.3. The van der Waals surface area contributed by atoms with Gasteiger partial charge in [0.2, 0.25) is 11.8 Å². The summed E-state index contributed by atoms with van der Waals surface area (Å²) in [5.41, 5.74) is 1.06. The van der Waals surface area contributed by atoms with E-state index in [1.807, 2.05) is 42.0 Å². The highest BCUT2D eigenvalue weighted by Crippen LogP contribution is 2.34. The van der Waals surface area contributed by atoms with Gasteiger partial charge in [-0.15, -0.1) is 10.2 Å². The van der Waals surface area contributed by atoms with E-state index < -0.39 is 0 Å². The summed E-state index contributed by atoms with van der Waals surface area (Å²) in [6, 6.07) is 8.10. The van der Waals surface area contributed by atoms with Crippen molar-refractivity contribution in [1.29, 1.82) is 0 Å². The van der Waals surface area contributed by atoms with Gasteiger partial charge in [0.1, 0.15) is 0 Å². The van der Waals surface area contributed by atoms with E-state index in [-0.39, 0.29) is 5.25 Å². The Morgan fingerprint density at radius 3 is 2.67 bits per heavy atom. The molecule has 0 bridgehead atoms. The van der Waals surface area contributed by atoms with Crippen molar-refractivity contribution in [3.05, 3.63) is 52.9 Å². The molecule has 0 radical (unpaired) electrons. The summed E-state index contributed by atoms with van der Waals surface area (Å²) in [5.74, 6) is 1.19. The van der Waals surface area contributed by atoms with Crippen LogP contribution >= 0.6 is 27.7 Å². The molecule has 0 aliphatic heterocycles. The Bertz CT molecular complexity index is 738. The molecule has 2 aromatic heterocycles. The van der Waals surface area contributed by atoms with Gasteiger partial charge in [-0.05, 0) is 31.2 Å². The Morgan fingerprint density at radius 2 is 2.00 bits per heavy atom. The molecule has 0 aliphatic rings. The van der Waals surface area contributed by atoms with Crippen LogP contribution in [0.25, 0.3) is 5.69 Å². The fourth-order valence-corrected chi connectivity index (χ4v) is 3.04. The van der Waals surface area contributed by atoms with E-state index in [2.05, 4.69) is 31.1 Å². The highest BCUT2D eigenvalue weighted by atomic mass is 79.9. The van der Waals surface area contributed by atoms with E-state index in [4.69, 9.17) is 4.42 Å². The van der Waals surface area contributed by atoms with Gasteiger partial charge < -0.3 is 4.42 Å². The molecule has 0 saturated carbocycles. The molecule has 3 rings (SSSR count). The molecule has 1 atom stereocenters. The van der Waals surface area contributed by atoms with Gasteiger partial charge in [-0.2, -0.15) is 0 Å². The first-order valence-corrected chi connectivity index (χ1v) is 8.06. The molecule has 0 fully saturated rings. The average Bonchev–Trinajstić information content (AvgIpc) is 3.09. The zero-order chi connectivity index (χ0) is 14.8. The lowest BCUT2D eigenvalue weighted by Crippen LogP contribution is -1.97. The molecule has 5 nitrogen and oxygen atoms in total. The van der Waals surface area contributed by atoms with Crippen molar-refractivity contribution in [3.8, 4) is 5.69 Å². The Kier molecular flexibility index (Phi) is 4.12. The summed E-state index contributed by atoms with van der Waals surface area (Å²) in [7, 11) is 0. The fourth-order valence-electron chi connectivity index (χ4n) is 1.86. The van der Waals surface area contributed by atoms with Gasteiger partial charge in [0.15, 0.2) is 5.16 Å². The van der Waals surface area contributed by atoms with Crippen molar-refractivity contribution in [3.63, 3.8) is 0 Å². The molecule has 0 saturated heterocycles. The summed E-state index contributed by atoms with van der Waals surface area (Å²) < 4.78 is 8.56. The smallest absolute Gasteiger partial charge is 0.229 e. The number of hydrogen-bond acceptors (Lipinski definition) is 5. The van der Waals surface area contributed by atoms with Crippen LogP contribution < -0.4 is 0 Å². The Balaban J connectivity index is 1.84. The second-order valence-corrected chi connectivity index (χ2v) is 6.70. The minimum absolute atomic E-state index is 0.0443. The first-order chi connectivity index (χ1) is 10.1. The number of aryl methyl sites for hydroxylation is 1. The molecule has 0 spiro atoms. The van der Waals surface area contributed by atoms with Gasteiger partial charge in [0.05, 0.1) is 5.25 Å². The molecule has 21 heavy (non-hydrogen) atoms. The summed E-state index contributed by atoms with van der Waals surface area (Å²) in [4.78, 5) is 4.41. The van der Waals surface area contributed by atoms with Crippen LogP contribution in [-0.4, -0.2) is 19.7 Å². The number of aromatic nitrogens is 4. The van der Waals surface area contributed by atoms with E-state index in [9.17, 15) is 0 Å². The third-order valence-corrected chi connectivity index (χ3v) is 4.48. The van der Waals surface area contributed by atoms with Crippen molar-refractivity contribution < 1.29 is 4.42 Å². The molecule has 2 heterocycles. The van der Waals surface area contributed by atoms with E-state index >= 15 is 0 Å². The number of nitrogens with zero attached hydrogens (tertiary/aromatic N) is 4. The predicted octanol–water partition coefficient (Wildman–Crippen LogP) is 4.18. The molecule has 0 aliphatic carbocycles. The van der Waals surface area contributed by atoms with Crippen LogP contribution in [0.1, 0.15) is 24.0 Å². The van der Waals surface area contributed by atoms with Crippen LogP contribution in [0.15, 0.2) is 50.7 Å². The molecule has 1 unspecified atom stereocenters. The number of rotatable bonds is 4. The zero-order valence-electron chi connectivity index (χ0n) is 11.5. The quantitative estimate of drug-likeness (QED) is 0.650. The standard InChI is InChI=1S/C14H13BrN4OS/c1-9(13-18-17-10(2)20-13)21-14-16-7-8-19(14)12-5-3-11(15)4-6-12/h3-9H,1-2H3. The van der Waals surface area contributed by atoms with Crippen molar-refractivity contribution in [2.45, 2.75) is 24.3 Å². The molecule has 0 N–H and O–H groups in total. The lowest BCUT2D eigenvalue weighted by molar-refractivity contribution is 0.470. The third kappa shape index (κ3) is 3.19. The SMILES string of the molecule is Cc1nnc(C(C)Sc2nccn2-c2ccc(Br)cc2)o1. The van der Waals surface area contributed by atoms with Crippen molar-refractivity contribution in [2.75, 3.05) is 0 Å². The van der Waals surface area contributed by atoms with E-state index in [1.54, 1.807) is 24.9 Å². The summed E-state index contributed by atoms with van der Waals surface area (Å²) in [6.45, 7) is 3.81. The monoisotopic (exact) mass is 364 g/mol. The number of imidazole rings is 1. The molecule has 3 aromatic rings. The van der Waals surface area contributed by atoms with Crippen LogP contribution in [-0.2, 0) is 0 Å². The van der Waals surface area contributed by atoms with Crippen molar-refractivity contribution >= 4 is 27.7 Å². The topological polar surface area (TPSA) is 56.7 Å². The van der Waals surface area contributed by atoms with Gasteiger partial charge in [-0.3, -0.25) is 4.57 Å². The summed E-state index contributed by atoms with van der Waals surface area (Å²) in [6.07, 6.45) is 3.73. The minimum atomic E-state index is 0.0443. The molecule has 7 heteroatoms. The van der Waals surface area contributed by atoms with Crippen LogP contribution in [0.5, 0.6) is 0 Å². The van der Waals surface area contributed by atoms with Crippen molar-refractivity contribution in [1.82, 2.24) is 19.7 Å². The van der Waals surface area contributed by atoms with E-state index in [0.29, 0.717) is 11.8 Å². The van der Waals surface area contributed by atoms with Gasteiger partial charge in [-0.25, -0.2) is 4.98 Å². The minimum Gasteiger partial charge on any atom is -0.424 e.